The molecule has 0 bridgehead atoms. The van der Waals surface area contributed by atoms with Crippen LogP contribution in [0.5, 0.6) is 0 Å². The molecule has 2 aliphatic rings. The number of benzene rings is 1. The number of rotatable bonds is 4. The van der Waals surface area contributed by atoms with Crippen molar-refractivity contribution in [1.29, 1.82) is 0 Å². The molecule has 0 spiro atoms. The van der Waals surface area contributed by atoms with Crippen LogP contribution < -0.4 is 5.32 Å². The Morgan fingerprint density at radius 3 is 2.81 bits per heavy atom. The molecule has 0 aliphatic carbocycles. The second-order valence-electron chi connectivity index (χ2n) is 5.96. The molecule has 114 valence electrons. The first kappa shape index (κ1) is 14.5. The molecular weight excluding hydrogens is 264 g/mol. The lowest BCUT2D eigenvalue weighted by atomic mass is 10.0. The molecule has 0 radical (unpaired) electrons. The Morgan fingerprint density at radius 1 is 1.29 bits per heavy atom. The van der Waals surface area contributed by atoms with Crippen LogP contribution in [0.2, 0.25) is 0 Å². The van der Waals surface area contributed by atoms with Crippen molar-refractivity contribution in [2.24, 2.45) is 0 Å². The van der Waals surface area contributed by atoms with Crippen LogP contribution in [0.25, 0.3) is 0 Å². The molecule has 0 saturated carbocycles. The molecule has 0 unspecified atom stereocenters. The van der Waals surface area contributed by atoms with Crippen molar-refractivity contribution in [3.63, 3.8) is 0 Å². The first-order valence-electron chi connectivity index (χ1n) is 8.01. The summed E-state index contributed by atoms with van der Waals surface area (Å²) in [5.41, 5.74) is 3.20. The lowest BCUT2D eigenvalue weighted by Crippen LogP contribution is -2.46. The first-order chi connectivity index (χ1) is 10.3. The number of amides is 1. The number of ether oxygens (including phenoxy) is 1. The van der Waals surface area contributed by atoms with Crippen molar-refractivity contribution in [2.75, 3.05) is 19.6 Å². The van der Waals surface area contributed by atoms with E-state index >= 15 is 0 Å². The third-order valence-electron chi connectivity index (χ3n) is 4.44. The zero-order valence-electron chi connectivity index (χ0n) is 12.7. The second kappa shape index (κ2) is 6.58. The molecule has 1 aromatic rings. The van der Waals surface area contributed by atoms with Crippen molar-refractivity contribution < 1.29 is 9.53 Å². The number of hydrogen-bond acceptors (Lipinski definition) is 3. The normalized spacial score (nSPS) is 18.5. The van der Waals surface area contributed by atoms with Gasteiger partial charge in [-0.15, -0.1) is 0 Å². The maximum Gasteiger partial charge on any atom is 0.254 e. The number of carbonyl (C=O) groups is 1. The Morgan fingerprint density at radius 2 is 2.05 bits per heavy atom. The quantitative estimate of drug-likeness (QED) is 0.924. The van der Waals surface area contributed by atoms with E-state index < -0.39 is 0 Å². The number of carbonyl (C=O) groups excluding carboxylic acids is 1. The Kier molecular flexibility index (Phi) is 4.56. The molecule has 2 aliphatic heterocycles. The molecule has 1 N–H and O–H groups in total. The van der Waals surface area contributed by atoms with E-state index in [0.29, 0.717) is 19.3 Å². The molecule has 0 atom stereocenters. The summed E-state index contributed by atoms with van der Waals surface area (Å²) in [6, 6.07) is 6.40. The minimum atomic E-state index is 0.179. The van der Waals surface area contributed by atoms with Crippen molar-refractivity contribution in [2.45, 2.75) is 45.4 Å². The minimum Gasteiger partial charge on any atom is -0.372 e. The number of piperidine rings is 1. The maximum atomic E-state index is 12.9. The monoisotopic (exact) mass is 288 g/mol. The summed E-state index contributed by atoms with van der Waals surface area (Å²) in [4.78, 5) is 15.0. The summed E-state index contributed by atoms with van der Waals surface area (Å²) in [6.07, 6.45) is 3.11. The van der Waals surface area contributed by atoms with Gasteiger partial charge in [0.25, 0.3) is 5.91 Å². The van der Waals surface area contributed by atoms with E-state index in [0.717, 1.165) is 44.5 Å². The fourth-order valence-electron chi connectivity index (χ4n) is 3.28. The lowest BCUT2D eigenvalue weighted by Gasteiger charge is -2.34. The van der Waals surface area contributed by atoms with E-state index in [1.165, 1.54) is 11.1 Å². The predicted molar refractivity (Wildman–Crippen MR) is 82.2 cm³/mol. The van der Waals surface area contributed by atoms with Gasteiger partial charge in [-0.1, -0.05) is 13.0 Å². The summed E-state index contributed by atoms with van der Waals surface area (Å²) < 4.78 is 5.44. The fourth-order valence-corrected chi connectivity index (χ4v) is 3.28. The van der Waals surface area contributed by atoms with Gasteiger partial charge in [-0.3, -0.25) is 4.79 Å². The van der Waals surface area contributed by atoms with E-state index in [2.05, 4.69) is 17.1 Å². The van der Waals surface area contributed by atoms with Crippen LogP contribution in [0.15, 0.2) is 18.2 Å². The molecule has 0 aromatic heterocycles. The average molecular weight is 288 g/mol. The molecule has 1 amide bonds. The van der Waals surface area contributed by atoms with E-state index in [-0.39, 0.29) is 5.91 Å². The Bertz CT molecular complexity index is 510. The molecule has 1 fully saturated rings. The van der Waals surface area contributed by atoms with Gasteiger partial charge in [0.2, 0.25) is 0 Å². The number of fused-ring (bicyclic) bond motifs is 1. The maximum absolute atomic E-state index is 12.9. The predicted octanol–water partition coefficient (Wildman–Crippen LogP) is 2.32. The summed E-state index contributed by atoms with van der Waals surface area (Å²) in [7, 11) is 0. The van der Waals surface area contributed by atoms with Gasteiger partial charge in [0.15, 0.2) is 0 Å². The number of hydrogen-bond donors (Lipinski definition) is 1. The highest BCUT2D eigenvalue weighted by Crippen LogP contribution is 2.23. The average Bonchev–Trinajstić information content (AvgIpc) is 3.00. The summed E-state index contributed by atoms with van der Waals surface area (Å²) >= 11 is 0. The van der Waals surface area contributed by atoms with Crippen LogP contribution in [0.1, 0.15) is 47.7 Å². The third kappa shape index (κ3) is 3.11. The number of nitrogens with one attached hydrogen (secondary N) is 1. The van der Waals surface area contributed by atoms with Crippen molar-refractivity contribution in [3.8, 4) is 0 Å². The molecule has 4 nitrogen and oxygen atoms in total. The Balaban J connectivity index is 1.79. The van der Waals surface area contributed by atoms with Gasteiger partial charge in [-0.25, -0.2) is 0 Å². The molecule has 3 rings (SSSR count). The molecule has 21 heavy (non-hydrogen) atoms. The van der Waals surface area contributed by atoms with Crippen LogP contribution in [-0.4, -0.2) is 36.5 Å². The van der Waals surface area contributed by atoms with Crippen LogP contribution in [-0.2, 0) is 18.0 Å². The fraction of sp³-hybridized carbons (Fsp3) is 0.588. The van der Waals surface area contributed by atoms with E-state index in [1.54, 1.807) is 0 Å². The molecule has 2 heterocycles. The van der Waals surface area contributed by atoms with Gasteiger partial charge < -0.3 is 15.0 Å². The third-order valence-corrected chi connectivity index (χ3v) is 4.44. The number of nitrogens with zero attached hydrogens (tertiary/aromatic N) is 1. The summed E-state index contributed by atoms with van der Waals surface area (Å²) in [5.74, 6) is 0.179. The molecule has 1 aromatic carbocycles. The zero-order chi connectivity index (χ0) is 14.7. The lowest BCUT2D eigenvalue weighted by molar-refractivity contribution is 0.0642. The summed E-state index contributed by atoms with van der Waals surface area (Å²) in [6.45, 7) is 6.32. The Labute approximate surface area is 126 Å². The van der Waals surface area contributed by atoms with Crippen LogP contribution in [0.4, 0.5) is 0 Å². The van der Waals surface area contributed by atoms with Crippen molar-refractivity contribution in [3.05, 3.63) is 34.9 Å². The van der Waals surface area contributed by atoms with Gasteiger partial charge in [-0.2, -0.15) is 0 Å². The molecule has 1 saturated heterocycles. The SMILES string of the molecule is CCCN(C(=O)c1ccc2c(c1)COC2)C1CCNCC1. The second-order valence-corrected chi connectivity index (χ2v) is 5.96. The van der Waals surface area contributed by atoms with E-state index in [1.807, 2.05) is 18.2 Å². The highest BCUT2D eigenvalue weighted by Gasteiger charge is 2.26. The molecular formula is C17H24N2O2. The van der Waals surface area contributed by atoms with Crippen LogP contribution >= 0.6 is 0 Å². The van der Waals surface area contributed by atoms with Gasteiger partial charge >= 0.3 is 0 Å². The summed E-state index contributed by atoms with van der Waals surface area (Å²) in [5, 5.41) is 3.37. The van der Waals surface area contributed by atoms with Gasteiger partial charge in [0, 0.05) is 18.2 Å². The smallest absolute Gasteiger partial charge is 0.254 e. The highest BCUT2D eigenvalue weighted by molar-refractivity contribution is 5.94. The minimum absolute atomic E-state index is 0.179. The van der Waals surface area contributed by atoms with Crippen molar-refractivity contribution in [1.82, 2.24) is 10.2 Å². The first-order valence-corrected chi connectivity index (χ1v) is 8.01. The standard InChI is InChI=1S/C17H24N2O2/c1-2-9-19(16-5-7-18-8-6-16)17(20)13-3-4-14-11-21-12-15(14)10-13/h3-4,10,16,18H,2,5-9,11-12H2,1H3. The van der Waals surface area contributed by atoms with Crippen LogP contribution in [0.3, 0.4) is 0 Å². The zero-order valence-corrected chi connectivity index (χ0v) is 12.7. The van der Waals surface area contributed by atoms with Gasteiger partial charge in [0.1, 0.15) is 0 Å². The highest BCUT2D eigenvalue weighted by atomic mass is 16.5. The Hall–Kier alpha value is -1.39. The van der Waals surface area contributed by atoms with Crippen molar-refractivity contribution >= 4 is 5.91 Å². The molecule has 4 heteroatoms. The van der Waals surface area contributed by atoms with E-state index in [9.17, 15) is 4.79 Å². The van der Waals surface area contributed by atoms with Gasteiger partial charge in [0.05, 0.1) is 13.2 Å². The largest absolute Gasteiger partial charge is 0.372 e. The van der Waals surface area contributed by atoms with Crippen LogP contribution in [0, 0.1) is 0 Å². The van der Waals surface area contributed by atoms with Gasteiger partial charge in [-0.05, 0) is 55.6 Å². The van der Waals surface area contributed by atoms with E-state index in [4.69, 9.17) is 4.74 Å². The topological polar surface area (TPSA) is 41.6 Å².